The molecule has 0 aliphatic heterocycles. The molecule has 3 heteroatoms. The van der Waals surface area contributed by atoms with E-state index in [0.29, 0.717) is 5.41 Å². The van der Waals surface area contributed by atoms with E-state index in [9.17, 15) is 4.91 Å². The van der Waals surface area contributed by atoms with Gasteiger partial charge < -0.3 is 0 Å². The van der Waals surface area contributed by atoms with Gasteiger partial charge in [-0.05, 0) is 42.4 Å². The highest BCUT2D eigenvalue weighted by Crippen LogP contribution is 2.74. The molecule has 2 rings (SSSR count). The van der Waals surface area contributed by atoms with Gasteiger partial charge in [-0.25, -0.2) is 0 Å². The highest BCUT2D eigenvalue weighted by Gasteiger charge is 2.68. The van der Waals surface area contributed by atoms with Crippen LogP contribution in [0.4, 0.5) is 0 Å². The number of rotatable bonds is 4. The lowest BCUT2D eigenvalue weighted by Gasteiger charge is -2.46. The van der Waals surface area contributed by atoms with E-state index < -0.39 is 0 Å². The average Bonchev–Trinajstić information content (AvgIpc) is 2.61. The number of fused-ring (bicyclic) bond motifs is 2. The maximum atomic E-state index is 10.7. The Morgan fingerprint density at radius 2 is 2.12 bits per heavy atom. The van der Waals surface area contributed by atoms with E-state index in [1.165, 1.54) is 18.4 Å². The van der Waals surface area contributed by atoms with Crippen LogP contribution in [-0.4, -0.2) is 4.75 Å². The van der Waals surface area contributed by atoms with Crippen LogP contribution in [0.1, 0.15) is 46.5 Å². The molecule has 0 aromatic heterocycles. The molecular formula is C13H20NOS. The molecule has 0 aromatic rings. The van der Waals surface area contributed by atoms with Crippen LogP contribution in [-0.2, 0) is 0 Å². The molecule has 0 N–H and O–H groups in total. The summed E-state index contributed by atoms with van der Waals surface area (Å²) in [7, 11) is 0. The second-order valence-corrected chi connectivity index (χ2v) is 7.11. The number of hydrogen-bond acceptors (Lipinski definition) is 3. The molecule has 0 spiro atoms. The fourth-order valence-corrected chi connectivity index (χ4v) is 5.09. The summed E-state index contributed by atoms with van der Waals surface area (Å²) in [6.45, 7) is 10.7. The van der Waals surface area contributed by atoms with Crippen molar-refractivity contribution in [2.24, 2.45) is 15.4 Å². The average molecular weight is 238 g/mol. The molecule has 2 atom stereocenters. The van der Waals surface area contributed by atoms with Gasteiger partial charge in [0, 0.05) is 21.3 Å². The molecule has 16 heavy (non-hydrogen) atoms. The fraction of sp³-hybridized carbons (Fsp3) is 0.769. The third-order valence-electron chi connectivity index (χ3n) is 4.94. The van der Waals surface area contributed by atoms with E-state index in [0.717, 1.165) is 19.3 Å². The predicted molar refractivity (Wildman–Crippen MR) is 69.9 cm³/mol. The normalized spacial score (nSPS) is 41.2. The molecule has 2 bridgehead atoms. The maximum Gasteiger partial charge on any atom is 0.0474 e. The smallest absolute Gasteiger partial charge is 0.0474 e. The quantitative estimate of drug-likeness (QED) is 0.409. The van der Waals surface area contributed by atoms with Crippen molar-refractivity contribution in [1.82, 2.24) is 0 Å². The van der Waals surface area contributed by atoms with E-state index in [2.05, 4.69) is 31.9 Å². The first-order valence-corrected chi connectivity index (χ1v) is 6.68. The van der Waals surface area contributed by atoms with E-state index in [1.807, 2.05) is 6.08 Å². The van der Waals surface area contributed by atoms with Crippen LogP contribution in [0.25, 0.3) is 0 Å². The van der Waals surface area contributed by atoms with Gasteiger partial charge in [-0.1, -0.05) is 26.8 Å². The van der Waals surface area contributed by atoms with Gasteiger partial charge in [0.15, 0.2) is 0 Å². The van der Waals surface area contributed by atoms with Crippen LogP contribution in [0.15, 0.2) is 17.2 Å². The Balaban J connectivity index is 2.38. The minimum Gasteiger partial charge on any atom is -0.137 e. The van der Waals surface area contributed by atoms with E-state index in [-0.39, 0.29) is 10.2 Å². The van der Waals surface area contributed by atoms with Crippen LogP contribution in [0.3, 0.4) is 0 Å². The van der Waals surface area contributed by atoms with Crippen LogP contribution >= 0.6 is 11.9 Å². The van der Waals surface area contributed by atoms with Crippen molar-refractivity contribution < 1.29 is 0 Å². The zero-order valence-corrected chi connectivity index (χ0v) is 11.2. The second-order valence-electron chi connectivity index (χ2n) is 5.99. The SMILES string of the molecule is C=CC[C]1C2(C)CCC(SN=O)(C2)C1(C)C. The van der Waals surface area contributed by atoms with Crippen molar-refractivity contribution in [3.8, 4) is 0 Å². The first-order chi connectivity index (χ1) is 7.42. The van der Waals surface area contributed by atoms with Gasteiger partial charge in [0.2, 0.25) is 0 Å². The fourth-order valence-electron chi connectivity index (χ4n) is 4.01. The van der Waals surface area contributed by atoms with Crippen molar-refractivity contribution in [3.63, 3.8) is 0 Å². The molecule has 2 unspecified atom stereocenters. The zero-order valence-electron chi connectivity index (χ0n) is 10.4. The molecule has 2 nitrogen and oxygen atoms in total. The summed E-state index contributed by atoms with van der Waals surface area (Å²) < 4.78 is 3.18. The Labute approximate surface area is 102 Å². The monoisotopic (exact) mass is 238 g/mol. The van der Waals surface area contributed by atoms with Crippen molar-refractivity contribution in [3.05, 3.63) is 23.5 Å². The second kappa shape index (κ2) is 3.59. The Morgan fingerprint density at radius 1 is 1.44 bits per heavy atom. The van der Waals surface area contributed by atoms with Crippen LogP contribution in [0, 0.1) is 21.7 Å². The Hall–Kier alpha value is -0.310. The third kappa shape index (κ3) is 1.33. The Kier molecular flexibility index (Phi) is 2.73. The van der Waals surface area contributed by atoms with Crippen molar-refractivity contribution in [1.29, 1.82) is 0 Å². The van der Waals surface area contributed by atoms with Gasteiger partial charge in [0.25, 0.3) is 0 Å². The summed E-state index contributed by atoms with van der Waals surface area (Å²) in [5, 5.41) is 0. The van der Waals surface area contributed by atoms with Gasteiger partial charge in [-0.2, -0.15) is 0 Å². The standard InChI is InChI=1S/C13H20NOS/c1-5-6-10-11(2,3)13(16-14-15)8-7-12(10,4)9-13/h5H,1,6-9H2,2-4H3. The molecule has 0 amide bonds. The molecule has 2 saturated carbocycles. The molecule has 2 fully saturated rings. The van der Waals surface area contributed by atoms with Gasteiger partial charge >= 0.3 is 0 Å². The molecule has 0 aromatic carbocycles. The molecule has 1 radical (unpaired) electrons. The lowest BCUT2D eigenvalue weighted by atomic mass is 9.62. The Morgan fingerprint density at radius 3 is 2.69 bits per heavy atom. The predicted octanol–water partition coefficient (Wildman–Crippen LogP) is 4.52. The van der Waals surface area contributed by atoms with Gasteiger partial charge in [-0.15, -0.1) is 11.5 Å². The molecule has 89 valence electrons. The van der Waals surface area contributed by atoms with Crippen LogP contribution in [0.5, 0.6) is 0 Å². The first kappa shape index (κ1) is 12.2. The van der Waals surface area contributed by atoms with Crippen molar-refractivity contribution in [2.75, 3.05) is 0 Å². The molecule has 0 heterocycles. The van der Waals surface area contributed by atoms with Gasteiger partial charge in [0.1, 0.15) is 0 Å². The first-order valence-electron chi connectivity index (χ1n) is 5.90. The minimum absolute atomic E-state index is 0.0435. The van der Waals surface area contributed by atoms with Gasteiger partial charge in [-0.3, -0.25) is 0 Å². The summed E-state index contributed by atoms with van der Waals surface area (Å²) in [4.78, 5) is 10.7. The van der Waals surface area contributed by atoms with Crippen molar-refractivity contribution >= 4 is 11.9 Å². The largest absolute Gasteiger partial charge is 0.137 e. The molecular weight excluding hydrogens is 218 g/mol. The summed E-state index contributed by atoms with van der Waals surface area (Å²) in [6.07, 6.45) is 6.39. The highest BCUT2D eigenvalue weighted by molar-refractivity contribution is 7.99. The summed E-state index contributed by atoms with van der Waals surface area (Å²) in [6, 6.07) is 0. The lowest BCUT2D eigenvalue weighted by Crippen LogP contribution is -2.41. The third-order valence-corrected chi connectivity index (χ3v) is 6.22. The minimum atomic E-state index is 0.0435. The van der Waals surface area contributed by atoms with Crippen LogP contribution in [0.2, 0.25) is 0 Å². The molecule has 2 aliphatic carbocycles. The summed E-state index contributed by atoms with van der Waals surface area (Å²) >= 11 is 1.28. The van der Waals surface area contributed by atoms with Gasteiger partial charge in [0.05, 0.1) is 0 Å². The Bertz CT molecular complexity index is 328. The highest BCUT2D eigenvalue weighted by atomic mass is 32.2. The number of nitrogens with zero attached hydrogens (tertiary/aromatic N) is 1. The maximum absolute atomic E-state index is 10.7. The van der Waals surface area contributed by atoms with Crippen LogP contribution < -0.4 is 0 Å². The van der Waals surface area contributed by atoms with E-state index >= 15 is 0 Å². The summed E-state index contributed by atoms with van der Waals surface area (Å²) in [5.74, 6) is 1.57. The lowest BCUT2D eigenvalue weighted by molar-refractivity contribution is 0.234. The topological polar surface area (TPSA) is 29.4 Å². The zero-order chi connectivity index (χ0) is 12.0. The van der Waals surface area contributed by atoms with E-state index in [4.69, 9.17) is 0 Å². The van der Waals surface area contributed by atoms with Crippen molar-refractivity contribution in [2.45, 2.75) is 51.2 Å². The number of allylic oxidation sites excluding steroid dienone is 1. The number of hydrogen-bond donors (Lipinski definition) is 0. The molecule has 0 saturated heterocycles. The van der Waals surface area contributed by atoms with E-state index in [1.54, 1.807) is 5.92 Å². The number of nitroso groups, excluding NO2 is 1. The summed E-state index contributed by atoms with van der Waals surface area (Å²) in [5.41, 5.74) is 0.405. The molecule has 2 aliphatic rings.